The Kier molecular flexibility index (Phi) is 3.59. The first-order valence-corrected chi connectivity index (χ1v) is 8.96. The molecule has 3 aromatic rings. The van der Waals surface area contributed by atoms with E-state index in [9.17, 15) is 0 Å². The van der Waals surface area contributed by atoms with Gasteiger partial charge in [0.2, 0.25) is 0 Å². The Morgan fingerprint density at radius 3 is 2.00 bits per heavy atom. The van der Waals surface area contributed by atoms with Gasteiger partial charge in [0.15, 0.2) is 0 Å². The van der Waals surface area contributed by atoms with Crippen molar-refractivity contribution in [2.45, 2.75) is 5.41 Å². The van der Waals surface area contributed by atoms with Crippen LogP contribution in [-0.4, -0.2) is 0 Å². The first kappa shape index (κ1) is 14.9. The molecule has 2 aromatic carbocycles. The van der Waals surface area contributed by atoms with Gasteiger partial charge in [-0.2, -0.15) is 11.3 Å². The van der Waals surface area contributed by atoms with Crippen LogP contribution in [0.4, 0.5) is 0 Å². The second-order valence-corrected chi connectivity index (χ2v) is 6.70. The van der Waals surface area contributed by atoms with Crippen LogP contribution in [0.5, 0.6) is 0 Å². The van der Waals surface area contributed by atoms with Gasteiger partial charge in [-0.3, -0.25) is 0 Å². The van der Waals surface area contributed by atoms with Crippen molar-refractivity contribution in [1.29, 1.82) is 0 Å². The first-order valence-electron chi connectivity index (χ1n) is 8.01. The minimum absolute atomic E-state index is 0.316. The van der Waals surface area contributed by atoms with Crippen molar-refractivity contribution in [1.82, 2.24) is 0 Å². The maximum absolute atomic E-state index is 4.11. The second kappa shape index (κ2) is 5.77. The van der Waals surface area contributed by atoms with Gasteiger partial charge in [0.1, 0.15) is 0 Å². The summed E-state index contributed by atoms with van der Waals surface area (Å²) in [7, 11) is 0. The Labute approximate surface area is 147 Å². The second-order valence-electron chi connectivity index (χ2n) is 5.92. The molecule has 0 aliphatic heterocycles. The van der Waals surface area contributed by atoms with E-state index in [0.717, 1.165) is 5.57 Å². The number of hydrogen-bond donors (Lipinski definition) is 0. The Hall–Kier alpha value is -2.64. The molecule has 0 saturated heterocycles. The fraction of sp³-hybridized carbons (Fsp3) is 0.0435. The number of benzene rings is 2. The van der Waals surface area contributed by atoms with E-state index in [1.54, 1.807) is 11.3 Å². The largest absolute Gasteiger partial charge is 0.152 e. The van der Waals surface area contributed by atoms with Crippen LogP contribution in [-0.2, 0) is 5.41 Å². The van der Waals surface area contributed by atoms with Crippen molar-refractivity contribution in [2.75, 3.05) is 0 Å². The molecule has 1 heteroatoms. The fourth-order valence-electron chi connectivity index (χ4n) is 3.97. The lowest BCUT2D eigenvalue weighted by Gasteiger charge is -2.33. The van der Waals surface area contributed by atoms with Crippen LogP contribution in [0.1, 0.15) is 16.7 Å². The Morgan fingerprint density at radius 2 is 1.50 bits per heavy atom. The van der Waals surface area contributed by atoms with Crippen LogP contribution in [0, 0.1) is 0 Å². The number of thiophene rings is 1. The molecule has 0 saturated carbocycles. The predicted octanol–water partition coefficient (Wildman–Crippen LogP) is 6.36. The van der Waals surface area contributed by atoms with Crippen LogP contribution in [0.25, 0.3) is 11.1 Å². The number of hydrogen-bond acceptors (Lipinski definition) is 1. The van der Waals surface area contributed by atoms with E-state index >= 15 is 0 Å². The van der Waals surface area contributed by atoms with E-state index in [1.807, 2.05) is 12.2 Å². The summed E-state index contributed by atoms with van der Waals surface area (Å²) in [6, 6.07) is 19.6. The van der Waals surface area contributed by atoms with Crippen molar-refractivity contribution in [3.05, 3.63) is 119 Å². The summed E-state index contributed by atoms with van der Waals surface area (Å²) in [6.45, 7) is 8.03. The van der Waals surface area contributed by atoms with Crippen LogP contribution >= 0.6 is 11.3 Å². The molecule has 1 aliphatic carbocycles. The molecule has 0 spiro atoms. The third-order valence-corrected chi connectivity index (χ3v) is 5.54. The summed E-state index contributed by atoms with van der Waals surface area (Å²) in [6.07, 6.45) is 5.91. The zero-order valence-electron chi connectivity index (χ0n) is 13.4. The molecule has 1 aromatic heterocycles. The lowest BCUT2D eigenvalue weighted by molar-refractivity contribution is 0.772. The summed E-state index contributed by atoms with van der Waals surface area (Å²) in [5.41, 5.74) is 7.37. The molecule has 116 valence electrons. The molecule has 24 heavy (non-hydrogen) atoms. The summed E-state index contributed by atoms with van der Waals surface area (Å²) in [4.78, 5) is 0. The van der Waals surface area contributed by atoms with Gasteiger partial charge in [0.05, 0.1) is 5.41 Å². The fourth-order valence-corrected chi connectivity index (χ4v) is 4.68. The lowest BCUT2D eigenvalue weighted by Crippen LogP contribution is -2.28. The normalized spacial score (nSPS) is 14.8. The quantitative estimate of drug-likeness (QED) is 0.489. The average molecular weight is 326 g/mol. The van der Waals surface area contributed by atoms with Gasteiger partial charge in [-0.1, -0.05) is 79.9 Å². The van der Waals surface area contributed by atoms with Crippen molar-refractivity contribution in [3.63, 3.8) is 0 Å². The van der Waals surface area contributed by atoms with E-state index in [2.05, 4.69) is 84.6 Å². The highest BCUT2D eigenvalue weighted by atomic mass is 32.1. The van der Waals surface area contributed by atoms with Gasteiger partial charge in [0.25, 0.3) is 0 Å². The van der Waals surface area contributed by atoms with Crippen LogP contribution < -0.4 is 0 Å². The Morgan fingerprint density at radius 1 is 0.875 bits per heavy atom. The number of rotatable bonds is 4. The van der Waals surface area contributed by atoms with Gasteiger partial charge in [-0.15, -0.1) is 0 Å². The zero-order chi connectivity index (χ0) is 16.6. The molecule has 0 N–H and O–H groups in total. The number of allylic oxidation sites excluding steroid dienone is 4. The molecular weight excluding hydrogens is 308 g/mol. The first-order chi connectivity index (χ1) is 11.8. The van der Waals surface area contributed by atoms with Crippen molar-refractivity contribution in [2.24, 2.45) is 0 Å². The molecule has 1 heterocycles. The summed E-state index contributed by atoms with van der Waals surface area (Å²) < 4.78 is 0. The zero-order valence-corrected chi connectivity index (χ0v) is 14.2. The van der Waals surface area contributed by atoms with Crippen LogP contribution in [0.3, 0.4) is 0 Å². The van der Waals surface area contributed by atoms with Gasteiger partial charge >= 0.3 is 0 Å². The van der Waals surface area contributed by atoms with Crippen molar-refractivity contribution >= 4 is 11.3 Å². The Bertz CT molecular complexity index is 896. The molecule has 0 atom stereocenters. The van der Waals surface area contributed by atoms with Gasteiger partial charge in [-0.25, -0.2) is 0 Å². The SMILES string of the molecule is C=C/C=C(\C=C)C1(c2ccsc2)c2ccccc2-c2ccccc21. The van der Waals surface area contributed by atoms with E-state index in [0.29, 0.717) is 0 Å². The average Bonchev–Trinajstić information content (AvgIpc) is 3.25. The molecule has 0 fully saturated rings. The summed E-state index contributed by atoms with van der Waals surface area (Å²) in [5.74, 6) is 0. The monoisotopic (exact) mass is 326 g/mol. The molecule has 0 nitrogen and oxygen atoms in total. The Balaban J connectivity index is 2.20. The molecule has 0 amide bonds. The highest BCUT2D eigenvalue weighted by Crippen LogP contribution is 2.56. The van der Waals surface area contributed by atoms with Crippen molar-refractivity contribution < 1.29 is 0 Å². The van der Waals surface area contributed by atoms with E-state index in [-0.39, 0.29) is 5.41 Å². The molecule has 1 aliphatic rings. The minimum atomic E-state index is -0.316. The molecule has 4 rings (SSSR count). The van der Waals surface area contributed by atoms with Crippen LogP contribution in [0.15, 0.2) is 102 Å². The molecule has 0 bridgehead atoms. The third-order valence-electron chi connectivity index (χ3n) is 4.86. The minimum Gasteiger partial charge on any atom is -0.152 e. The highest BCUT2D eigenvalue weighted by Gasteiger charge is 2.46. The van der Waals surface area contributed by atoms with Crippen LogP contribution in [0.2, 0.25) is 0 Å². The maximum Gasteiger partial charge on any atom is 0.0721 e. The molecule has 0 unspecified atom stereocenters. The standard InChI is InChI=1S/C23H18S/c1-3-9-17(4-2)23(18-14-15-24-16-18)21-12-7-5-10-19(21)20-11-6-8-13-22(20)23/h3-16H,1-2H2/b17-9+. The third kappa shape index (κ3) is 1.85. The number of fused-ring (bicyclic) bond motifs is 3. The van der Waals surface area contributed by atoms with E-state index < -0.39 is 0 Å². The van der Waals surface area contributed by atoms with Gasteiger partial charge in [0, 0.05) is 0 Å². The van der Waals surface area contributed by atoms with E-state index in [4.69, 9.17) is 0 Å². The van der Waals surface area contributed by atoms with E-state index in [1.165, 1.54) is 27.8 Å². The maximum atomic E-state index is 4.11. The predicted molar refractivity (Wildman–Crippen MR) is 105 cm³/mol. The topological polar surface area (TPSA) is 0 Å². The van der Waals surface area contributed by atoms with Gasteiger partial charge in [-0.05, 0) is 50.2 Å². The smallest absolute Gasteiger partial charge is 0.0721 e. The van der Waals surface area contributed by atoms with Gasteiger partial charge < -0.3 is 0 Å². The summed E-state index contributed by atoms with van der Waals surface area (Å²) >= 11 is 1.73. The van der Waals surface area contributed by atoms with Crippen molar-refractivity contribution in [3.8, 4) is 11.1 Å². The highest BCUT2D eigenvalue weighted by molar-refractivity contribution is 7.08. The molecular formula is C23H18S. The summed E-state index contributed by atoms with van der Waals surface area (Å²) in [5, 5.41) is 4.40. The lowest BCUT2D eigenvalue weighted by atomic mass is 9.68. The molecule has 0 radical (unpaired) electrons.